The number of hydrogen-bond acceptors (Lipinski definition) is 8. The molecule has 2 aromatic rings. The van der Waals surface area contributed by atoms with Crippen molar-refractivity contribution >= 4 is 28.9 Å². The van der Waals surface area contributed by atoms with Crippen molar-refractivity contribution in [3.05, 3.63) is 53.6 Å². The summed E-state index contributed by atoms with van der Waals surface area (Å²) in [5, 5.41) is 21.6. The molecule has 1 saturated carbocycles. The molecule has 2 aromatic carbocycles. The van der Waals surface area contributed by atoms with Crippen molar-refractivity contribution in [3.63, 3.8) is 0 Å². The van der Waals surface area contributed by atoms with Gasteiger partial charge in [0.05, 0.1) is 31.2 Å². The highest BCUT2D eigenvalue weighted by atomic mass is 16.5. The van der Waals surface area contributed by atoms with E-state index in [2.05, 4.69) is 80.5 Å². The molecule has 1 fully saturated rings. The molecule has 50 heavy (non-hydrogen) atoms. The molecule has 1 amide bonds. The van der Waals surface area contributed by atoms with Gasteiger partial charge in [0.1, 0.15) is 23.1 Å². The number of carboxylic acid groups (broad SMARTS) is 1. The standard InChI is InChI=1S/C40H61N5O5/c1-11-15-29-23-27(4)22-28(5)40(29,39(47)48)42-38(46)34-25-33(37-35(49-9)16-14-17-36(37)50-10)45(44(34)8)32-19-18-30(24-31(32)26(2)3)41-20-12-13-21-43(6)7/h14,16-19,24-29,34,41H,11-13,15,20-23H2,1-10H3,(H,42,46)(H,47,48). The lowest BCUT2D eigenvalue weighted by molar-refractivity contribution is -0.157. The van der Waals surface area contributed by atoms with Gasteiger partial charge in [-0.2, -0.15) is 0 Å². The minimum Gasteiger partial charge on any atom is -0.496 e. The summed E-state index contributed by atoms with van der Waals surface area (Å²) in [6, 6.07) is 11.2. The molecule has 0 aromatic heterocycles. The second-order valence-corrected chi connectivity index (χ2v) is 14.9. The minimum atomic E-state index is -1.35. The van der Waals surface area contributed by atoms with E-state index in [9.17, 15) is 14.7 Å². The number of carbonyl (C=O) groups excluding carboxylic acids is 1. The Kier molecular flexibility index (Phi) is 13.2. The van der Waals surface area contributed by atoms with Gasteiger partial charge in [-0.05, 0) is 118 Å². The quantitative estimate of drug-likeness (QED) is 0.159. The average Bonchev–Trinajstić information content (AvgIpc) is 3.41. The molecule has 0 radical (unpaired) electrons. The van der Waals surface area contributed by atoms with Gasteiger partial charge in [-0.15, -0.1) is 0 Å². The van der Waals surface area contributed by atoms with Crippen LogP contribution in [0, 0.1) is 17.8 Å². The molecular formula is C40H61N5O5. The summed E-state index contributed by atoms with van der Waals surface area (Å²) in [6.45, 7) is 12.5. The fourth-order valence-electron chi connectivity index (χ4n) is 8.16. The van der Waals surface area contributed by atoms with Crippen molar-refractivity contribution in [2.45, 2.75) is 90.6 Å². The van der Waals surface area contributed by atoms with Crippen molar-refractivity contribution in [2.75, 3.05) is 58.8 Å². The number of aliphatic carboxylic acids is 1. The summed E-state index contributed by atoms with van der Waals surface area (Å²) >= 11 is 0. The lowest BCUT2D eigenvalue weighted by Gasteiger charge is -2.48. The van der Waals surface area contributed by atoms with Gasteiger partial charge in [0.25, 0.3) is 0 Å². The molecule has 276 valence electrons. The normalized spacial score (nSPS) is 24.0. The van der Waals surface area contributed by atoms with Crippen molar-refractivity contribution in [3.8, 4) is 11.5 Å². The highest BCUT2D eigenvalue weighted by Gasteiger charge is 2.55. The molecule has 5 unspecified atom stereocenters. The zero-order valence-corrected chi connectivity index (χ0v) is 32.0. The van der Waals surface area contributed by atoms with Crippen LogP contribution in [0.1, 0.15) is 90.2 Å². The van der Waals surface area contributed by atoms with Gasteiger partial charge in [-0.3, -0.25) is 9.80 Å². The number of hydrazine groups is 1. The van der Waals surface area contributed by atoms with Crippen LogP contribution in [-0.4, -0.2) is 86.9 Å². The van der Waals surface area contributed by atoms with Crippen LogP contribution in [0.3, 0.4) is 0 Å². The second kappa shape index (κ2) is 17.0. The van der Waals surface area contributed by atoms with Crippen LogP contribution in [0.2, 0.25) is 0 Å². The molecule has 10 nitrogen and oxygen atoms in total. The topological polar surface area (TPSA) is 107 Å². The Morgan fingerprint density at radius 1 is 1.06 bits per heavy atom. The summed E-state index contributed by atoms with van der Waals surface area (Å²) in [6.07, 6.45) is 7.20. The smallest absolute Gasteiger partial charge is 0.329 e. The van der Waals surface area contributed by atoms with Gasteiger partial charge >= 0.3 is 5.97 Å². The van der Waals surface area contributed by atoms with Crippen LogP contribution in [-0.2, 0) is 9.59 Å². The predicted octanol–water partition coefficient (Wildman–Crippen LogP) is 7.08. The van der Waals surface area contributed by atoms with Crippen molar-refractivity contribution in [2.24, 2.45) is 17.8 Å². The number of carboxylic acids is 1. The first-order chi connectivity index (χ1) is 23.8. The summed E-state index contributed by atoms with van der Waals surface area (Å²) in [4.78, 5) is 30.0. The third-order valence-corrected chi connectivity index (χ3v) is 10.6. The zero-order valence-electron chi connectivity index (χ0n) is 32.0. The third kappa shape index (κ3) is 8.07. The average molecular weight is 692 g/mol. The lowest BCUT2D eigenvalue weighted by atomic mass is 9.62. The molecule has 1 heterocycles. The molecule has 0 spiro atoms. The molecule has 1 aliphatic carbocycles. The summed E-state index contributed by atoms with van der Waals surface area (Å²) < 4.78 is 11.7. The molecule has 5 atom stereocenters. The highest BCUT2D eigenvalue weighted by Crippen LogP contribution is 2.47. The Morgan fingerprint density at radius 3 is 2.32 bits per heavy atom. The van der Waals surface area contributed by atoms with Gasteiger partial charge in [0.2, 0.25) is 5.91 Å². The first kappa shape index (κ1) is 39.0. The van der Waals surface area contributed by atoms with Crippen LogP contribution in [0.15, 0.2) is 42.5 Å². The fraction of sp³-hybridized carbons (Fsp3) is 0.600. The first-order valence-electron chi connectivity index (χ1n) is 18.3. The Bertz CT molecular complexity index is 1490. The fourth-order valence-corrected chi connectivity index (χ4v) is 8.16. The van der Waals surface area contributed by atoms with E-state index in [-0.39, 0.29) is 23.7 Å². The van der Waals surface area contributed by atoms with Gasteiger partial charge in [-0.1, -0.05) is 47.1 Å². The number of amides is 1. The van der Waals surface area contributed by atoms with Gasteiger partial charge in [0.15, 0.2) is 0 Å². The van der Waals surface area contributed by atoms with Crippen molar-refractivity contribution in [1.82, 2.24) is 15.2 Å². The number of methoxy groups -OCH3 is 2. The van der Waals surface area contributed by atoms with E-state index in [1.54, 1.807) is 14.2 Å². The molecule has 0 bridgehead atoms. The van der Waals surface area contributed by atoms with E-state index < -0.39 is 17.6 Å². The number of unbranched alkanes of at least 4 members (excludes halogenated alkanes) is 1. The molecular weight excluding hydrogens is 630 g/mol. The maximum atomic E-state index is 14.6. The molecule has 3 N–H and O–H groups in total. The predicted molar refractivity (Wildman–Crippen MR) is 203 cm³/mol. The Balaban J connectivity index is 1.79. The van der Waals surface area contributed by atoms with E-state index in [0.29, 0.717) is 23.0 Å². The Hall–Kier alpha value is -3.76. The highest BCUT2D eigenvalue weighted by molar-refractivity contribution is 5.97. The number of carbonyl (C=O) groups is 2. The van der Waals surface area contributed by atoms with Crippen LogP contribution < -0.4 is 25.1 Å². The van der Waals surface area contributed by atoms with Gasteiger partial charge < -0.3 is 30.1 Å². The van der Waals surface area contributed by atoms with E-state index in [4.69, 9.17) is 9.47 Å². The van der Waals surface area contributed by atoms with E-state index in [1.165, 1.54) is 0 Å². The van der Waals surface area contributed by atoms with E-state index >= 15 is 0 Å². The van der Waals surface area contributed by atoms with Crippen LogP contribution in [0.5, 0.6) is 11.5 Å². The number of nitrogens with zero attached hydrogens (tertiary/aromatic N) is 3. The maximum Gasteiger partial charge on any atom is 0.329 e. The Morgan fingerprint density at radius 2 is 1.74 bits per heavy atom. The van der Waals surface area contributed by atoms with E-state index in [1.807, 2.05) is 43.3 Å². The molecule has 1 aliphatic heterocycles. The number of likely N-dealkylation sites (N-methyl/N-ethyl adjacent to an activating group) is 1. The van der Waals surface area contributed by atoms with E-state index in [0.717, 1.165) is 74.2 Å². The van der Waals surface area contributed by atoms with Gasteiger partial charge in [-0.25, -0.2) is 9.80 Å². The number of anilines is 2. The number of nitrogens with one attached hydrogen (secondary N) is 2. The molecule has 2 aliphatic rings. The Labute approximate surface area is 300 Å². The first-order valence-corrected chi connectivity index (χ1v) is 18.3. The van der Waals surface area contributed by atoms with Crippen LogP contribution in [0.25, 0.3) is 5.70 Å². The largest absolute Gasteiger partial charge is 0.496 e. The molecule has 0 saturated heterocycles. The zero-order chi connectivity index (χ0) is 36.7. The lowest BCUT2D eigenvalue weighted by Crippen LogP contribution is -2.67. The number of rotatable bonds is 16. The summed E-state index contributed by atoms with van der Waals surface area (Å²) in [5.74, 6) is 0.0954. The molecule has 4 rings (SSSR count). The van der Waals surface area contributed by atoms with Gasteiger partial charge in [0, 0.05) is 19.3 Å². The van der Waals surface area contributed by atoms with Crippen molar-refractivity contribution in [1.29, 1.82) is 0 Å². The van der Waals surface area contributed by atoms with Crippen LogP contribution >= 0.6 is 0 Å². The summed E-state index contributed by atoms with van der Waals surface area (Å²) in [7, 11) is 9.33. The monoisotopic (exact) mass is 691 g/mol. The number of ether oxygens (including phenoxy) is 2. The second-order valence-electron chi connectivity index (χ2n) is 14.9. The summed E-state index contributed by atoms with van der Waals surface area (Å²) in [5.41, 5.74) is 3.17. The maximum absolute atomic E-state index is 14.6. The minimum absolute atomic E-state index is 0.163. The molecule has 10 heteroatoms. The number of benzene rings is 2. The van der Waals surface area contributed by atoms with Crippen LogP contribution in [0.4, 0.5) is 11.4 Å². The SMILES string of the molecule is CCCC1CC(C)CC(C)C1(NC(=O)C1C=C(c2c(OC)cccc2OC)N(c2ccc(NCCCCN(C)C)cc2C(C)C)N1C)C(=O)O. The number of hydrogen-bond donors (Lipinski definition) is 3. The van der Waals surface area contributed by atoms with Crippen molar-refractivity contribution < 1.29 is 24.2 Å². The third-order valence-electron chi connectivity index (χ3n) is 10.6.